The number of carbonyl (C=O) groups is 2. The lowest BCUT2D eigenvalue weighted by Gasteiger charge is -2.23. The molecule has 27 heavy (non-hydrogen) atoms. The first-order valence-electron chi connectivity index (χ1n) is 8.66. The van der Waals surface area contributed by atoms with Gasteiger partial charge in [-0.05, 0) is 30.7 Å². The summed E-state index contributed by atoms with van der Waals surface area (Å²) in [4.78, 5) is 26.6. The lowest BCUT2D eigenvalue weighted by molar-refractivity contribution is -0.120. The van der Waals surface area contributed by atoms with Gasteiger partial charge in [-0.25, -0.2) is 0 Å². The smallest absolute Gasteiger partial charge is 0.248 e. The topological polar surface area (TPSA) is 84.7 Å². The summed E-state index contributed by atoms with van der Waals surface area (Å²) in [7, 11) is 1.61. The van der Waals surface area contributed by atoms with Crippen LogP contribution in [0.3, 0.4) is 0 Å². The highest BCUT2D eigenvalue weighted by Gasteiger charge is 2.37. The lowest BCUT2D eigenvalue weighted by Crippen LogP contribution is -2.41. The molecule has 1 aromatic heterocycles. The summed E-state index contributed by atoms with van der Waals surface area (Å²) < 4.78 is 10.5. The van der Waals surface area contributed by atoms with E-state index in [9.17, 15) is 9.59 Å². The summed E-state index contributed by atoms with van der Waals surface area (Å²) in [5.41, 5.74) is 0.271. The summed E-state index contributed by atoms with van der Waals surface area (Å²) >= 11 is 5.91. The maximum Gasteiger partial charge on any atom is 0.248 e. The van der Waals surface area contributed by atoms with Crippen molar-refractivity contribution in [2.24, 2.45) is 0 Å². The molecule has 0 saturated carbocycles. The van der Waals surface area contributed by atoms with Gasteiger partial charge in [-0.2, -0.15) is 0 Å². The van der Waals surface area contributed by atoms with Crippen LogP contribution in [0.15, 0.2) is 34.9 Å². The van der Waals surface area contributed by atoms with Crippen LogP contribution in [-0.4, -0.2) is 36.7 Å². The Morgan fingerprint density at radius 1 is 1.41 bits per heavy atom. The minimum absolute atomic E-state index is 0.0976. The number of benzene rings is 1. The van der Waals surface area contributed by atoms with Crippen LogP contribution in [0.4, 0.5) is 11.5 Å². The third-order valence-electron chi connectivity index (χ3n) is 4.55. The minimum Gasteiger partial charge on any atom is -0.384 e. The zero-order valence-electron chi connectivity index (χ0n) is 15.5. The molecule has 1 aromatic carbocycles. The molecular formula is C19H22ClN3O4. The van der Waals surface area contributed by atoms with E-state index < -0.39 is 6.04 Å². The molecule has 2 amide bonds. The number of nitrogens with one attached hydrogen (secondary N) is 1. The summed E-state index contributed by atoms with van der Waals surface area (Å²) in [6, 6.07) is 7.92. The number of carbonyl (C=O) groups excluding carboxylic acids is 2. The van der Waals surface area contributed by atoms with E-state index >= 15 is 0 Å². The fourth-order valence-electron chi connectivity index (χ4n) is 3.15. The van der Waals surface area contributed by atoms with E-state index in [0.29, 0.717) is 41.7 Å². The van der Waals surface area contributed by atoms with Gasteiger partial charge in [-0.3, -0.25) is 14.5 Å². The Hall–Kier alpha value is -2.38. The lowest BCUT2D eigenvalue weighted by atomic mass is 9.91. The normalized spacial score (nSPS) is 17.4. The van der Waals surface area contributed by atoms with Gasteiger partial charge < -0.3 is 14.6 Å². The van der Waals surface area contributed by atoms with E-state index in [1.54, 1.807) is 37.4 Å². The van der Waals surface area contributed by atoms with Gasteiger partial charge in [0.15, 0.2) is 5.82 Å². The van der Waals surface area contributed by atoms with E-state index in [2.05, 4.69) is 10.5 Å². The maximum absolute atomic E-state index is 12.8. The van der Waals surface area contributed by atoms with E-state index in [4.69, 9.17) is 20.9 Å². The molecule has 1 aliphatic rings. The number of hydrogen-bond donors (Lipinski definition) is 1. The zero-order chi connectivity index (χ0) is 19.6. The fourth-order valence-corrected chi connectivity index (χ4v) is 3.28. The van der Waals surface area contributed by atoms with Crippen molar-refractivity contribution in [2.75, 3.05) is 23.9 Å². The van der Waals surface area contributed by atoms with Gasteiger partial charge in [0.2, 0.25) is 11.8 Å². The number of anilines is 2. The number of amides is 2. The maximum atomic E-state index is 12.8. The van der Waals surface area contributed by atoms with Crippen molar-refractivity contribution < 1.29 is 18.8 Å². The molecule has 1 atom stereocenters. The van der Waals surface area contributed by atoms with Gasteiger partial charge in [0.25, 0.3) is 0 Å². The number of halogens is 1. The fraction of sp³-hybridized carbons (Fsp3) is 0.421. The molecule has 0 spiro atoms. The zero-order valence-corrected chi connectivity index (χ0v) is 16.2. The molecule has 1 saturated heterocycles. The number of methoxy groups -OCH3 is 1. The van der Waals surface area contributed by atoms with Crippen LogP contribution in [-0.2, 0) is 19.7 Å². The first kappa shape index (κ1) is 19.4. The Kier molecular flexibility index (Phi) is 5.53. The van der Waals surface area contributed by atoms with E-state index in [1.165, 1.54) is 4.90 Å². The molecule has 1 fully saturated rings. The minimum atomic E-state index is -0.606. The number of ether oxygens (including phenoxy) is 1. The van der Waals surface area contributed by atoms with Crippen LogP contribution >= 0.6 is 11.6 Å². The van der Waals surface area contributed by atoms with E-state index in [-0.39, 0.29) is 17.2 Å². The average molecular weight is 392 g/mol. The predicted octanol–water partition coefficient (Wildman–Crippen LogP) is 3.39. The molecule has 0 unspecified atom stereocenters. The van der Waals surface area contributed by atoms with Crippen LogP contribution in [0.1, 0.15) is 32.4 Å². The Morgan fingerprint density at radius 2 is 2.11 bits per heavy atom. The molecule has 3 rings (SSSR count). The van der Waals surface area contributed by atoms with Crippen molar-refractivity contribution in [3.05, 3.63) is 41.1 Å². The molecule has 2 aromatic rings. The molecule has 7 nitrogen and oxygen atoms in total. The van der Waals surface area contributed by atoms with Gasteiger partial charge >= 0.3 is 0 Å². The molecular weight excluding hydrogens is 370 g/mol. The number of rotatable bonds is 6. The summed E-state index contributed by atoms with van der Waals surface area (Å²) in [6.07, 6.45) is 0.749. The Morgan fingerprint density at radius 3 is 2.78 bits per heavy atom. The summed E-state index contributed by atoms with van der Waals surface area (Å²) in [5, 5.41) is 7.24. The predicted molar refractivity (Wildman–Crippen MR) is 102 cm³/mol. The Balaban J connectivity index is 1.74. The number of aromatic nitrogens is 1. The first-order chi connectivity index (χ1) is 12.8. The molecule has 0 bridgehead atoms. The second kappa shape index (κ2) is 7.70. The second-order valence-corrected chi connectivity index (χ2v) is 7.61. The van der Waals surface area contributed by atoms with Gasteiger partial charge in [0.1, 0.15) is 11.8 Å². The highest BCUT2D eigenvalue weighted by atomic mass is 35.5. The number of nitrogens with zero attached hydrogens (tertiary/aromatic N) is 2. The monoisotopic (exact) mass is 391 g/mol. The highest BCUT2D eigenvalue weighted by Crippen LogP contribution is 2.29. The van der Waals surface area contributed by atoms with Crippen molar-refractivity contribution in [3.63, 3.8) is 0 Å². The SMILES string of the molecule is COCC(C)(C)c1cc(NC(=O)[C@@H]2CCC(=O)N2c2ccc(Cl)cc2)no1. The van der Waals surface area contributed by atoms with Gasteiger partial charge in [0, 0.05) is 35.7 Å². The largest absolute Gasteiger partial charge is 0.384 e. The molecule has 1 aliphatic heterocycles. The van der Waals surface area contributed by atoms with Crippen LogP contribution in [0, 0.1) is 0 Å². The molecule has 0 radical (unpaired) electrons. The summed E-state index contributed by atoms with van der Waals surface area (Å²) in [6.45, 7) is 4.37. The number of hydrogen-bond acceptors (Lipinski definition) is 5. The Labute approximate surface area is 162 Å². The van der Waals surface area contributed by atoms with Gasteiger partial charge in [-0.15, -0.1) is 0 Å². The molecule has 8 heteroatoms. The molecule has 1 N–H and O–H groups in total. The van der Waals surface area contributed by atoms with E-state index in [1.807, 2.05) is 13.8 Å². The molecule has 0 aliphatic carbocycles. The van der Waals surface area contributed by atoms with Crippen molar-refractivity contribution in [3.8, 4) is 0 Å². The Bertz CT molecular complexity index is 832. The van der Waals surface area contributed by atoms with E-state index in [0.717, 1.165) is 0 Å². The second-order valence-electron chi connectivity index (χ2n) is 7.18. The summed E-state index contributed by atoms with van der Waals surface area (Å²) in [5.74, 6) is 0.519. The van der Waals surface area contributed by atoms with Crippen LogP contribution in [0.5, 0.6) is 0 Å². The highest BCUT2D eigenvalue weighted by molar-refractivity contribution is 6.30. The quantitative estimate of drug-likeness (QED) is 0.815. The van der Waals surface area contributed by atoms with Gasteiger partial charge in [0.05, 0.1) is 6.61 Å². The van der Waals surface area contributed by atoms with Crippen molar-refractivity contribution in [1.82, 2.24) is 5.16 Å². The van der Waals surface area contributed by atoms with Crippen molar-refractivity contribution in [2.45, 2.75) is 38.1 Å². The van der Waals surface area contributed by atoms with Crippen LogP contribution in [0.2, 0.25) is 5.02 Å². The molecule has 2 heterocycles. The van der Waals surface area contributed by atoms with Gasteiger partial charge in [-0.1, -0.05) is 30.6 Å². The molecule has 144 valence electrons. The first-order valence-corrected chi connectivity index (χ1v) is 9.04. The van der Waals surface area contributed by atoms with Crippen molar-refractivity contribution in [1.29, 1.82) is 0 Å². The standard InChI is InChI=1S/C19H22ClN3O4/c1-19(2,11-26-3)15-10-16(22-27-15)21-18(25)14-8-9-17(24)23(14)13-6-4-12(20)5-7-13/h4-7,10,14H,8-9,11H2,1-3H3,(H,21,22,25)/t14-/m0/s1. The third-order valence-corrected chi connectivity index (χ3v) is 4.81. The van der Waals surface area contributed by atoms with Crippen LogP contribution < -0.4 is 10.2 Å². The third kappa shape index (κ3) is 4.14. The average Bonchev–Trinajstić information content (AvgIpc) is 3.23. The van der Waals surface area contributed by atoms with Crippen LogP contribution in [0.25, 0.3) is 0 Å². The van der Waals surface area contributed by atoms with Crippen molar-refractivity contribution >= 4 is 34.9 Å².